The molecule has 1 aliphatic rings. The molecule has 0 bridgehead atoms. The summed E-state index contributed by atoms with van der Waals surface area (Å²) >= 11 is 0. The highest BCUT2D eigenvalue weighted by molar-refractivity contribution is 7.87. The molecule has 3 aromatic carbocycles. The predicted molar refractivity (Wildman–Crippen MR) is 188 cm³/mol. The molecule has 0 spiro atoms. The zero-order valence-corrected chi connectivity index (χ0v) is 31.8. The number of rotatable bonds is 14. The second-order valence-corrected chi connectivity index (χ2v) is 13.9. The maximum Gasteiger partial charge on any atom is 0.330 e. The highest BCUT2D eigenvalue weighted by Crippen LogP contribution is 2.51. The summed E-state index contributed by atoms with van der Waals surface area (Å²) in [6.45, 7) is 0.946. The van der Waals surface area contributed by atoms with Gasteiger partial charge in [0.2, 0.25) is 0 Å². The molecular weight excluding hydrogens is 729 g/mol. The Labute approximate surface area is 301 Å². The third kappa shape index (κ3) is 8.81. The number of hydrogen-bond acceptors (Lipinski definition) is 15. The fraction of sp³-hybridized carbons (Fsp3) is 0.364. The van der Waals surface area contributed by atoms with Crippen molar-refractivity contribution in [3.63, 3.8) is 0 Å². The molecule has 52 heavy (non-hydrogen) atoms. The summed E-state index contributed by atoms with van der Waals surface area (Å²) in [7, 11) is 8.08. The molecule has 2 amide bonds. The summed E-state index contributed by atoms with van der Waals surface area (Å²) in [5.74, 6) is 1.81. The van der Waals surface area contributed by atoms with Crippen molar-refractivity contribution in [1.29, 1.82) is 0 Å². The standard InChI is InChI=1S/C27H33O9P.C6H7NO7S/c1-28-16-10-19(31-4)25(20(11-16)32-5)37(26-21(33-6)12-17(29-2)13-22(26)34-7)27-23(35-8)14-18(30-3)15-24(27)36-9;1-3(8)14-7-5(9)2-4(6(7)10)15(11,12)13/h10-15H,1-9H3;4H,2H2,1H3,(H,11,12,13). The summed E-state index contributed by atoms with van der Waals surface area (Å²) in [6, 6.07) is 10.8. The lowest BCUT2D eigenvalue weighted by molar-refractivity contribution is -0.195. The first-order valence-corrected chi connectivity index (χ1v) is 17.7. The van der Waals surface area contributed by atoms with Gasteiger partial charge < -0.3 is 47.5 Å². The maximum atomic E-state index is 11.2. The molecule has 0 radical (unpaired) electrons. The van der Waals surface area contributed by atoms with E-state index in [-0.39, 0.29) is 5.06 Å². The molecule has 1 unspecified atom stereocenters. The molecule has 1 heterocycles. The van der Waals surface area contributed by atoms with Gasteiger partial charge in [-0.05, 0) is 0 Å². The van der Waals surface area contributed by atoms with E-state index in [0.717, 1.165) is 22.8 Å². The largest absolute Gasteiger partial charge is 0.496 e. The Morgan fingerprint density at radius 1 is 0.615 bits per heavy atom. The van der Waals surface area contributed by atoms with Crippen LogP contribution in [0.1, 0.15) is 13.3 Å². The third-order valence-corrected chi connectivity index (χ3v) is 11.1. The lowest BCUT2D eigenvalue weighted by Crippen LogP contribution is -2.36. The van der Waals surface area contributed by atoms with Gasteiger partial charge in [0.1, 0.15) is 51.7 Å². The molecule has 17 nitrogen and oxygen atoms in total. The molecule has 1 atom stereocenters. The lowest BCUT2D eigenvalue weighted by atomic mass is 10.3. The molecule has 1 aliphatic heterocycles. The van der Waals surface area contributed by atoms with Gasteiger partial charge in [0.15, 0.2) is 5.25 Å². The van der Waals surface area contributed by atoms with E-state index < -0.39 is 47.5 Å². The minimum Gasteiger partial charge on any atom is -0.496 e. The van der Waals surface area contributed by atoms with Crippen LogP contribution in [-0.4, -0.2) is 105 Å². The average molecular weight is 770 g/mol. The number of amides is 2. The molecule has 1 fully saturated rings. The Morgan fingerprint density at radius 3 is 1.10 bits per heavy atom. The summed E-state index contributed by atoms with van der Waals surface area (Å²) in [5.41, 5.74) is 0. The van der Waals surface area contributed by atoms with Crippen LogP contribution in [0.3, 0.4) is 0 Å². The minimum absolute atomic E-state index is 0.0424. The van der Waals surface area contributed by atoms with Crippen LogP contribution in [0.25, 0.3) is 0 Å². The summed E-state index contributed by atoms with van der Waals surface area (Å²) < 4.78 is 81.7. The van der Waals surface area contributed by atoms with Crippen molar-refractivity contribution in [1.82, 2.24) is 5.06 Å². The fourth-order valence-electron chi connectivity index (χ4n) is 5.00. The predicted octanol–water partition coefficient (Wildman–Crippen LogP) is 2.00. The van der Waals surface area contributed by atoms with E-state index in [9.17, 15) is 22.8 Å². The molecular formula is C33H40NO16PS. The molecule has 1 saturated heterocycles. The maximum absolute atomic E-state index is 11.2. The average Bonchev–Trinajstić information content (AvgIpc) is 3.43. The number of carbonyl (C=O) groups is 3. The molecule has 3 aromatic rings. The van der Waals surface area contributed by atoms with Gasteiger partial charge >= 0.3 is 5.97 Å². The van der Waals surface area contributed by atoms with Gasteiger partial charge in [-0.25, -0.2) is 4.79 Å². The van der Waals surface area contributed by atoms with E-state index in [1.165, 1.54) is 0 Å². The van der Waals surface area contributed by atoms with E-state index in [4.69, 9.17) is 47.2 Å². The van der Waals surface area contributed by atoms with E-state index >= 15 is 0 Å². The van der Waals surface area contributed by atoms with Gasteiger partial charge in [0.05, 0.1) is 86.3 Å². The first-order chi connectivity index (χ1) is 24.7. The lowest BCUT2D eigenvalue weighted by Gasteiger charge is -2.29. The number of nitrogens with zero attached hydrogens (tertiary/aromatic N) is 1. The summed E-state index contributed by atoms with van der Waals surface area (Å²) in [5, 5.41) is 0.378. The van der Waals surface area contributed by atoms with E-state index in [2.05, 4.69) is 4.84 Å². The van der Waals surface area contributed by atoms with Gasteiger partial charge in [-0.3, -0.25) is 14.1 Å². The van der Waals surface area contributed by atoms with E-state index in [1.807, 2.05) is 0 Å². The SMILES string of the molecule is CC(=O)ON1C(=O)CC(S(=O)(=O)O)C1=O.COc1cc(OC)c(P(c2c(OC)cc(OC)cc2OC)c2c(OC)cc(OC)cc2OC)c(OC)c1. The highest BCUT2D eigenvalue weighted by atomic mass is 32.2. The van der Waals surface area contributed by atoms with Crippen LogP contribution < -0.4 is 58.5 Å². The Kier molecular flexibility index (Phi) is 14.1. The van der Waals surface area contributed by atoms with Crippen molar-refractivity contribution in [2.24, 2.45) is 0 Å². The Hall–Kier alpha value is -5.19. The number of benzene rings is 3. The monoisotopic (exact) mass is 769 g/mol. The van der Waals surface area contributed by atoms with Crippen LogP contribution in [0.5, 0.6) is 51.7 Å². The molecule has 19 heteroatoms. The molecule has 1 N–H and O–H groups in total. The normalized spacial score (nSPS) is 13.8. The summed E-state index contributed by atoms with van der Waals surface area (Å²) in [6.07, 6.45) is -0.731. The van der Waals surface area contributed by atoms with Gasteiger partial charge in [-0.15, -0.1) is 5.06 Å². The van der Waals surface area contributed by atoms with Crippen LogP contribution in [0.2, 0.25) is 0 Å². The van der Waals surface area contributed by atoms with Crippen LogP contribution in [0.15, 0.2) is 36.4 Å². The van der Waals surface area contributed by atoms with Crippen molar-refractivity contribution in [3.05, 3.63) is 36.4 Å². The second-order valence-electron chi connectivity index (χ2n) is 10.3. The van der Waals surface area contributed by atoms with Crippen molar-refractivity contribution < 1.29 is 74.8 Å². The van der Waals surface area contributed by atoms with Crippen LogP contribution >= 0.6 is 7.92 Å². The molecule has 284 valence electrons. The number of ether oxygens (including phenoxy) is 9. The number of imide groups is 1. The molecule has 4 rings (SSSR count). The van der Waals surface area contributed by atoms with Crippen molar-refractivity contribution in [2.45, 2.75) is 18.6 Å². The highest BCUT2D eigenvalue weighted by Gasteiger charge is 2.48. The van der Waals surface area contributed by atoms with E-state index in [0.29, 0.717) is 51.7 Å². The van der Waals surface area contributed by atoms with Crippen molar-refractivity contribution >= 4 is 51.7 Å². The summed E-state index contributed by atoms with van der Waals surface area (Å²) in [4.78, 5) is 36.9. The van der Waals surface area contributed by atoms with Gasteiger partial charge in [0, 0.05) is 51.2 Å². The first kappa shape index (κ1) is 41.2. The van der Waals surface area contributed by atoms with Crippen LogP contribution in [-0.2, 0) is 29.3 Å². The Balaban J connectivity index is 0.000000406. The third-order valence-electron chi connectivity index (χ3n) is 7.38. The molecule has 0 aromatic heterocycles. The quantitative estimate of drug-likeness (QED) is 0.142. The molecule has 0 aliphatic carbocycles. The fourth-order valence-corrected chi connectivity index (χ4v) is 8.63. The van der Waals surface area contributed by atoms with E-state index in [1.54, 1.807) is 100 Å². The van der Waals surface area contributed by atoms with Gasteiger partial charge in [-0.2, -0.15) is 8.42 Å². The number of hydroxylamine groups is 2. The van der Waals surface area contributed by atoms with Gasteiger partial charge in [0.25, 0.3) is 21.9 Å². The zero-order valence-electron chi connectivity index (χ0n) is 30.1. The van der Waals surface area contributed by atoms with Crippen LogP contribution in [0, 0.1) is 0 Å². The van der Waals surface area contributed by atoms with Gasteiger partial charge in [-0.1, -0.05) is 0 Å². The first-order valence-electron chi connectivity index (χ1n) is 14.9. The van der Waals surface area contributed by atoms with Crippen molar-refractivity contribution in [3.8, 4) is 51.7 Å². The minimum atomic E-state index is -4.66. The van der Waals surface area contributed by atoms with Crippen molar-refractivity contribution in [2.75, 3.05) is 64.0 Å². The Morgan fingerprint density at radius 2 is 0.904 bits per heavy atom. The van der Waals surface area contributed by atoms with Crippen LogP contribution in [0.4, 0.5) is 0 Å². The smallest absolute Gasteiger partial charge is 0.330 e. The topological polar surface area (TPSA) is 201 Å². The molecule has 0 saturated carbocycles. The number of methoxy groups -OCH3 is 9. The number of hydrogen-bond donors (Lipinski definition) is 1. The second kappa shape index (κ2) is 17.8. The Bertz CT molecular complexity index is 1670. The number of carbonyl (C=O) groups excluding carboxylic acids is 3. The zero-order chi connectivity index (χ0) is 38.9.